The quantitative estimate of drug-likeness (QED) is 0.620. The van der Waals surface area contributed by atoms with Gasteiger partial charge in [0.05, 0.1) is 12.6 Å². The van der Waals surface area contributed by atoms with Gasteiger partial charge in [-0.25, -0.2) is 13.4 Å². The van der Waals surface area contributed by atoms with E-state index in [4.69, 9.17) is 5.73 Å². The molecule has 0 aromatic carbocycles. The molecule has 2 heterocycles. The van der Waals surface area contributed by atoms with Gasteiger partial charge in [-0.15, -0.1) is 0 Å². The first-order valence-electron chi connectivity index (χ1n) is 10.8. The second-order valence-corrected chi connectivity index (χ2v) is 10.3. The van der Waals surface area contributed by atoms with E-state index in [-0.39, 0.29) is 23.9 Å². The van der Waals surface area contributed by atoms with Crippen LogP contribution in [0.15, 0.2) is 29.4 Å². The van der Waals surface area contributed by atoms with E-state index in [1.54, 1.807) is 19.1 Å². The zero-order valence-electron chi connectivity index (χ0n) is 17.7. The van der Waals surface area contributed by atoms with E-state index in [9.17, 15) is 22.8 Å². The third-order valence-corrected chi connectivity index (χ3v) is 8.18. The molecule has 1 aliphatic carbocycles. The third kappa shape index (κ3) is 5.30. The van der Waals surface area contributed by atoms with Crippen LogP contribution in [-0.4, -0.2) is 53.9 Å². The molecule has 1 saturated heterocycles. The van der Waals surface area contributed by atoms with Crippen molar-refractivity contribution >= 4 is 27.6 Å². The number of sulfonamides is 1. The summed E-state index contributed by atoms with van der Waals surface area (Å²) in [5.41, 5.74) is 5.53. The molecular formula is C21H30N4O5S. The van der Waals surface area contributed by atoms with Gasteiger partial charge in [-0.2, -0.15) is 4.31 Å². The molecule has 0 spiro atoms. The molecule has 31 heavy (non-hydrogen) atoms. The number of ketones is 1. The monoisotopic (exact) mass is 450 g/mol. The Morgan fingerprint density at radius 3 is 2.48 bits per heavy atom. The SMILES string of the molecule is C[C@@H]1CC[C@H](NC(=O)[C@H](C(N)=O)C2CCCCC2)C(=O)CN1S(=O)(=O)c1ccccn1. The lowest BCUT2D eigenvalue weighted by Crippen LogP contribution is -2.50. The number of Topliss-reactive ketones (excluding diaryl/α,β-unsaturated/α-hetero) is 1. The van der Waals surface area contributed by atoms with Gasteiger partial charge in [0.15, 0.2) is 10.8 Å². The molecule has 170 valence electrons. The molecule has 3 N–H and O–H groups in total. The van der Waals surface area contributed by atoms with Crippen LogP contribution in [0.5, 0.6) is 0 Å². The molecule has 2 amide bonds. The normalized spacial score (nSPS) is 24.9. The first-order chi connectivity index (χ1) is 14.7. The first-order valence-corrected chi connectivity index (χ1v) is 12.2. The Labute approximate surface area is 182 Å². The van der Waals surface area contributed by atoms with Crippen LogP contribution in [0.25, 0.3) is 0 Å². The van der Waals surface area contributed by atoms with Gasteiger partial charge in [0.1, 0.15) is 5.92 Å². The molecule has 3 rings (SSSR count). The van der Waals surface area contributed by atoms with Crippen LogP contribution in [0, 0.1) is 11.8 Å². The molecular weight excluding hydrogens is 420 g/mol. The highest BCUT2D eigenvalue weighted by Gasteiger charge is 2.40. The highest BCUT2D eigenvalue weighted by atomic mass is 32.2. The fourth-order valence-electron chi connectivity index (χ4n) is 4.53. The number of aromatic nitrogens is 1. The number of nitrogens with two attached hydrogens (primary N) is 1. The highest BCUT2D eigenvalue weighted by Crippen LogP contribution is 2.30. The summed E-state index contributed by atoms with van der Waals surface area (Å²) >= 11 is 0. The zero-order valence-corrected chi connectivity index (χ0v) is 18.5. The van der Waals surface area contributed by atoms with Crippen LogP contribution >= 0.6 is 0 Å². The van der Waals surface area contributed by atoms with Gasteiger partial charge in [-0.1, -0.05) is 25.3 Å². The summed E-state index contributed by atoms with van der Waals surface area (Å²) in [5.74, 6) is -2.72. The molecule has 3 atom stereocenters. The molecule has 1 aromatic rings. The lowest BCUT2D eigenvalue weighted by molar-refractivity contribution is -0.138. The van der Waals surface area contributed by atoms with E-state index in [1.165, 1.54) is 12.3 Å². The van der Waals surface area contributed by atoms with Crippen LogP contribution in [0.3, 0.4) is 0 Å². The molecule has 2 fully saturated rings. The maximum atomic E-state index is 13.0. The van der Waals surface area contributed by atoms with Gasteiger partial charge in [0.2, 0.25) is 11.8 Å². The summed E-state index contributed by atoms with van der Waals surface area (Å²) in [6.07, 6.45) is 6.53. The van der Waals surface area contributed by atoms with Crippen molar-refractivity contribution in [1.29, 1.82) is 0 Å². The fraction of sp³-hybridized carbons (Fsp3) is 0.619. The average molecular weight is 451 g/mol. The average Bonchev–Trinajstić information content (AvgIpc) is 2.89. The van der Waals surface area contributed by atoms with Gasteiger partial charge < -0.3 is 11.1 Å². The third-order valence-electron chi connectivity index (χ3n) is 6.30. The molecule has 0 unspecified atom stereocenters. The predicted molar refractivity (Wildman–Crippen MR) is 113 cm³/mol. The number of rotatable bonds is 6. The van der Waals surface area contributed by atoms with Gasteiger partial charge in [-0.05, 0) is 50.7 Å². The van der Waals surface area contributed by atoms with Crippen molar-refractivity contribution in [3.05, 3.63) is 24.4 Å². The van der Waals surface area contributed by atoms with E-state index in [0.29, 0.717) is 6.42 Å². The van der Waals surface area contributed by atoms with Crippen molar-refractivity contribution < 1.29 is 22.8 Å². The summed E-state index contributed by atoms with van der Waals surface area (Å²) in [7, 11) is -3.95. The van der Waals surface area contributed by atoms with E-state index >= 15 is 0 Å². The number of amides is 2. The summed E-state index contributed by atoms with van der Waals surface area (Å²) < 4.78 is 27.1. The Kier molecular flexibility index (Phi) is 7.42. The van der Waals surface area contributed by atoms with Gasteiger partial charge in [-0.3, -0.25) is 14.4 Å². The largest absolute Gasteiger partial charge is 0.369 e. The molecule has 10 heteroatoms. The minimum Gasteiger partial charge on any atom is -0.369 e. The van der Waals surface area contributed by atoms with E-state index in [1.807, 2.05) is 0 Å². The van der Waals surface area contributed by atoms with Crippen LogP contribution in [0.2, 0.25) is 0 Å². The van der Waals surface area contributed by atoms with Crippen molar-refractivity contribution in [3.8, 4) is 0 Å². The number of carbonyl (C=O) groups excluding carboxylic acids is 3. The Morgan fingerprint density at radius 2 is 1.87 bits per heavy atom. The summed E-state index contributed by atoms with van der Waals surface area (Å²) in [6, 6.07) is 3.27. The van der Waals surface area contributed by atoms with E-state index < -0.39 is 45.6 Å². The van der Waals surface area contributed by atoms with Crippen LogP contribution in [-0.2, 0) is 24.4 Å². The second-order valence-electron chi connectivity index (χ2n) is 8.45. The molecule has 1 saturated carbocycles. The minimum absolute atomic E-state index is 0.118. The fourth-order valence-corrected chi connectivity index (χ4v) is 6.09. The van der Waals surface area contributed by atoms with Crippen molar-refractivity contribution in [1.82, 2.24) is 14.6 Å². The van der Waals surface area contributed by atoms with E-state index in [0.717, 1.165) is 36.4 Å². The number of nitrogens with one attached hydrogen (secondary N) is 1. The van der Waals surface area contributed by atoms with Crippen LogP contribution in [0.1, 0.15) is 51.9 Å². The Balaban J connectivity index is 1.73. The first kappa shape index (κ1) is 23.3. The summed E-state index contributed by atoms with van der Waals surface area (Å²) in [4.78, 5) is 41.7. The number of hydrogen-bond donors (Lipinski definition) is 2. The maximum absolute atomic E-state index is 13.0. The topological polar surface area (TPSA) is 140 Å². The highest BCUT2D eigenvalue weighted by molar-refractivity contribution is 7.89. The second kappa shape index (κ2) is 9.86. The van der Waals surface area contributed by atoms with Crippen molar-refractivity contribution in [2.75, 3.05) is 6.54 Å². The predicted octanol–water partition coefficient (Wildman–Crippen LogP) is 0.990. The lowest BCUT2D eigenvalue weighted by Gasteiger charge is -2.28. The Hall–Kier alpha value is -2.33. The summed E-state index contributed by atoms with van der Waals surface area (Å²) in [6.45, 7) is 1.36. The molecule has 1 aliphatic heterocycles. The van der Waals surface area contributed by atoms with Gasteiger partial charge in [0, 0.05) is 12.2 Å². The summed E-state index contributed by atoms with van der Waals surface area (Å²) in [5, 5.41) is 2.57. The molecule has 0 bridgehead atoms. The van der Waals surface area contributed by atoms with Crippen molar-refractivity contribution in [2.45, 2.75) is 69.0 Å². The van der Waals surface area contributed by atoms with E-state index in [2.05, 4.69) is 10.3 Å². The van der Waals surface area contributed by atoms with Gasteiger partial charge in [0.25, 0.3) is 10.0 Å². The maximum Gasteiger partial charge on any atom is 0.261 e. The Morgan fingerprint density at radius 1 is 1.16 bits per heavy atom. The Bertz CT molecular complexity index is 915. The molecule has 1 aromatic heterocycles. The number of pyridine rings is 1. The van der Waals surface area contributed by atoms with Crippen LogP contribution < -0.4 is 11.1 Å². The number of primary amides is 1. The number of nitrogens with zero attached hydrogens (tertiary/aromatic N) is 2. The van der Waals surface area contributed by atoms with Crippen molar-refractivity contribution in [3.63, 3.8) is 0 Å². The standard InChI is InChI=1S/C21H30N4O5S/c1-14-10-11-16(24-21(28)19(20(22)27)15-7-3-2-4-8-15)17(26)13-25(14)31(29,30)18-9-5-6-12-23-18/h5-6,9,12,14-16,19H,2-4,7-8,10-11,13H2,1H3,(H2,22,27)(H,24,28)/t14-,16+,19+/m1/s1. The number of carbonyl (C=O) groups is 3. The van der Waals surface area contributed by atoms with Crippen molar-refractivity contribution in [2.24, 2.45) is 17.6 Å². The van der Waals surface area contributed by atoms with Gasteiger partial charge >= 0.3 is 0 Å². The smallest absolute Gasteiger partial charge is 0.261 e. The lowest BCUT2D eigenvalue weighted by atomic mass is 9.79. The minimum atomic E-state index is -3.95. The molecule has 2 aliphatic rings. The molecule has 9 nitrogen and oxygen atoms in total. The number of hydrogen-bond acceptors (Lipinski definition) is 6. The van der Waals surface area contributed by atoms with Crippen LogP contribution in [0.4, 0.5) is 0 Å². The molecule has 0 radical (unpaired) electrons. The zero-order chi connectivity index (χ0) is 22.6.